The molecule has 0 aliphatic rings. The molecule has 1 aromatic rings. The number of allylic oxidation sites excluding steroid dienone is 1. The van der Waals surface area contributed by atoms with E-state index in [0.29, 0.717) is 0 Å². The Morgan fingerprint density at radius 3 is 2.33 bits per heavy atom. The van der Waals surface area contributed by atoms with Crippen molar-refractivity contribution in [1.29, 1.82) is 0 Å². The molecule has 0 atom stereocenters. The molecule has 0 unspecified atom stereocenters. The molecule has 18 heavy (non-hydrogen) atoms. The second-order valence-corrected chi connectivity index (χ2v) is 6.66. The van der Waals surface area contributed by atoms with Crippen LogP contribution < -0.4 is 21.2 Å². The van der Waals surface area contributed by atoms with E-state index in [1.807, 2.05) is 0 Å². The van der Waals surface area contributed by atoms with Crippen LogP contribution in [0.5, 0.6) is 0 Å². The van der Waals surface area contributed by atoms with Crippen molar-refractivity contribution in [1.82, 2.24) is 0 Å². The summed E-state index contributed by atoms with van der Waals surface area (Å²) >= 11 is -0.310. The third kappa shape index (κ3) is 5.42. The Hall–Kier alpha value is -0.520. The Labute approximate surface area is 117 Å². The number of hydrogen-bond acceptors (Lipinski definition) is 0. The predicted molar refractivity (Wildman–Crippen MR) is 63.4 cm³/mol. The first-order valence-corrected chi connectivity index (χ1v) is 8.22. The average Bonchev–Trinajstić information content (AvgIpc) is 2.33. The topological polar surface area (TPSA) is 0 Å². The summed E-state index contributed by atoms with van der Waals surface area (Å²) in [6.45, 7) is 4.25. The van der Waals surface area contributed by atoms with Crippen LogP contribution in [0.25, 0.3) is 0 Å². The molecule has 0 fully saturated rings. The molecule has 0 spiro atoms. The van der Waals surface area contributed by atoms with E-state index < -0.39 is 11.7 Å². The van der Waals surface area contributed by atoms with Crippen molar-refractivity contribution < 1.29 is 34.4 Å². The quantitative estimate of drug-likeness (QED) is 0.698. The number of hydrogen-bond donors (Lipinski definition) is 0. The molecule has 0 aliphatic heterocycles. The van der Waals surface area contributed by atoms with E-state index in [1.165, 1.54) is 30.5 Å². The van der Waals surface area contributed by atoms with Crippen LogP contribution in [0, 0.1) is 3.57 Å². The maximum absolute atomic E-state index is 12.4. The van der Waals surface area contributed by atoms with Gasteiger partial charge in [-0.2, -0.15) is 13.2 Å². The SMILES string of the molecule is CCCC/C(C)=C\[I+]c1ccc(C(F)(F)F)cc1. The average molecular weight is 369 g/mol. The Morgan fingerprint density at radius 1 is 1.22 bits per heavy atom. The highest BCUT2D eigenvalue weighted by Crippen LogP contribution is 2.28. The Balaban J connectivity index is 2.59. The van der Waals surface area contributed by atoms with Gasteiger partial charge in [-0.25, -0.2) is 0 Å². The molecule has 0 saturated carbocycles. The van der Waals surface area contributed by atoms with Crippen LogP contribution >= 0.6 is 0 Å². The van der Waals surface area contributed by atoms with Crippen molar-refractivity contribution in [2.24, 2.45) is 0 Å². The summed E-state index contributed by atoms with van der Waals surface area (Å²) in [7, 11) is 0. The molecule has 0 N–H and O–H groups in total. The first-order chi connectivity index (χ1) is 8.43. The van der Waals surface area contributed by atoms with Gasteiger partial charge in [0.15, 0.2) is 7.65 Å². The van der Waals surface area contributed by atoms with Crippen LogP contribution in [-0.2, 0) is 6.18 Å². The van der Waals surface area contributed by atoms with Gasteiger partial charge in [0.25, 0.3) is 0 Å². The summed E-state index contributed by atoms with van der Waals surface area (Å²) in [4.78, 5) is 0. The molecular weight excluding hydrogens is 352 g/mol. The van der Waals surface area contributed by atoms with Crippen LogP contribution in [-0.4, -0.2) is 0 Å². The monoisotopic (exact) mass is 369 g/mol. The number of alkyl halides is 3. The van der Waals surface area contributed by atoms with Crippen molar-refractivity contribution in [2.75, 3.05) is 0 Å². The van der Waals surface area contributed by atoms with Crippen LogP contribution in [0.1, 0.15) is 38.7 Å². The highest BCUT2D eigenvalue weighted by Gasteiger charge is 2.30. The lowest BCUT2D eigenvalue weighted by molar-refractivity contribution is -0.557. The molecule has 0 heterocycles. The Kier molecular flexibility index (Phi) is 6.18. The molecule has 1 aromatic carbocycles. The number of rotatable bonds is 5. The lowest BCUT2D eigenvalue weighted by Crippen LogP contribution is -3.59. The summed E-state index contributed by atoms with van der Waals surface area (Å²) in [5.41, 5.74) is 0.784. The van der Waals surface area contributed by atoms with Crippen molar-refractivity contribution in [2.45, 2.75) is 39.3 Å². The van der Waals surface area contributed by atoms with Gasteiger partial charge >= 0.3 is 27.4 Å². The third-order valence-corrected chi connectivity index (χ3v) is 5.28. The second kappa shape index (κ2) is 7.16. The summed E-state index contributed by atoms with van der Waals surface area (Å²) in [5, 5.41) is 0. The van der Waals surface area contributed by atoms with E-state index in [0.717, 1.165) is 9.99 Å². The van der Waals surface area contributed by atoms with Crippen LogP contribution in [0.4, 0.5) is 13.2 Å². The van der Waals surface area contributed by atoms with E-state index >= 15 is 0 Å². The van der Waals surface area contributed by atoms with Crippen molar-refractivity contribution in [3.63, 3.8) is 0 Å². The number of halogens is 4. The second-order valence-electron chi connectivity index (χ2n) is 4.17. The highest BCUT2D eigenvalue weighted by molar-refractivity contribution is 5.17. The van der Waals surface area contributed by atoms with Crippen LogP contribution in [0.3, 0.4) is 0 Å². The fraction of sp³-hybridized carbons (Fsp3) is 0.429. The fourth-order valence-electron chi connectivity index (χ4n) is 1.38. The standard InChI is InChI=1S/C14H17F3I/c1-3-4-5-11(2)10-18-13-8-6-12(7-9-13)14(15,16)17/h6-10H,3-5H2,1-2H3/q+1/b11-10-. The smallest absolute Gasteiger partial charge is 0.166 e. The lowest BCUT2D eigenvalue weighted by Gasteiger charge is -2.04. The van der Waals surface area contributed by atoms with E-state index in [2.05, 4.69) is 17.9 Å². The normalized spacial score (nSPS) is 12.8. The van der Waals surface area contributed by atoms with Crippen LogP contribution in [0.2, 0.25) is 0 Å². The molecule has 0 amide bonds. The lowest BCUT2D eigenvalue weighted by atomic mass is 10.2. The molecule has 0 nitrogen and oxygen atoms in total. The van der Waals surface area contributed by atoms with Gasteiger partial charge in [-0.3, -0.25) is 0 Å². The molecule has 0 aromatic heterocycles. The van der Waals surface area contributed by atoms with Gasteiger partial charge in [0.2, 0.25) is 0 Å². The molecule has 0 saturated heterocycles. The number of benzene rings is 1. The minimum Gasteiger partial charge on any atom is -0.166 e. The zero-order valence-corrected chi connectivity index (χ0v) is 12.7. The molecule has 100 valence electrons. The molecule has 0 bridgehead atoms. The van der Waals surface area contributed by atoms with Gasteiger partial charge in [-0.05, 0) is 49.6 Å². The molecule has 0 aliphatic carbocycles. The number of unbranched alkanes of at least 4 members (excludes halogenated alkanes) is 1. The molecule has 4 heteroatoms. The maximum Gasteiger partial charge on any atom is 0.416 e. The van der Waals surface area contributed by atoms with Crippen molar-refractivity contribution in [3.05, 3.63) is 43.1 Å². The maximum atomic E-state index is 12.4. The van der Waals surface area contributed by atoms with Crippen molar-refractivity contribution in [3.8, 4) is 0 Å². The minimum atomic E-state index is -4.23. The zero-order valence-electron chi connectivity index (χ0n) is 10.5. The van der Waals surface area contributed by atoms with Gasteiger partial charge in [0.05, 0.1) is 5.56 Å². The molecule has 1 rings (SSSR count). The first-order valence-electron chi connectivity index (χ1n) is 5.89. The predicted octanol–water partition coefficient (Wildman–Crippen LogP) is 2.06. The summed E-state index contributed by atoms with van der Waals surface area (Å²) < 4.78 is 40.3. The van der Waals surface area contributed by atoms with E-state index in [9.17, 15) is 13.2 Å². The van der Waals surface area contributed by atoms with E-state index in [-0.39, 0.29) is 21.2 Å². The van der Waals surface area contributed by atoms with Gasteiger partial charge in [-0.15, -0.1) is 0 Å². The van der Waals surface area contributed by atoms with Gasteiger partial charge in [0.1, 0.15) is 0 Å². The fourth-order valence-corrected chi connectivity index (χ4v) is 3.36. The Morgan fingerprint density at radius 2 is 1.83 bits per heavy atom. The largest absolute Gasteiger partial charge is 0.416 e. The third-order valence-electron chi connectivity index (χ3n) is 2.46. The Bertz CT molecular complexity index is 390. The van der Waals surface area contributed by atoms with Gasteiger partial charge in [0, 0.05) is 0 Å². The van der Waals surface area contributed by atoms with Gasteiger partial charge in [-0.1, -0.05) is 13.3 Å². The summed E-state index contributed by atoms with van der Waals surface area (Å²) in [6, 6.07) is 5.54. The van der Waals surface area contributed by atoms with Gasteiger partial charge < -0.3 is 0 Å². The first kappa shape index (κ1) is 15.5. The van der Waals surface area contributed by atoms with E-state index in [4.69, 9.17) is 0 Å². The minimum absolute atomic E-state index is 0.310. The van der Waals surface area contributed by atoms with E-state index in [1.54, 1.807) is 12.1 Å². The summed E-state index contributed by atoms with van der Waals surface area (Å²) in [5.74, 6) is 0. The van der Waals surface area contributed by atoms with Crippen LogP contribution in [0.15, 0.2) is 33.9 Å². The highest BCUT2D eigenvalue weighted by atomic mass is 127. The van der Waals surface area contributed by atoms with Crippen molar-refractivity contribution >= 4 is 0 Å². The molecule has 0 radical (unpaired) electrons. The molecular formula is C14H17F3I+. The summed E-state index contributed by atoms with van der Waals surface area (Å²) in [6.07, 6.45) is -0.788. The zero-order chi connectivity index (χ0) is 13.6.